The molecule has 0 fully saturated rings. The number of hydrogen-bond donors (Lipinski definition) is 0. The third kappa shape index (κ3) is 4.28. The van der Waals surface area contributed by atoms with Gasteiger partial charge in [-0.3, -0.25) is 0 Å². The summed E-state index contributed by atoms with van der Waals surface area (Å²) in [5.74, 6) is 1.81. The van der Waals surface area contributed by atoms with Crippen LogP contribution in [0, 0.1) is 0 Å². The van der Waals surface area contributed by atoms with E-state index in [0.29, 0.717) is 17.5 Å². The zero-order valence-corrected chi connectivity index (χ0v) is 26.3. The standard InChI is InChI=1S/C40H22N4OS2/c1-2-10-23(11-3-1)37-42-38(44-39(43-37)28-15-8-13-26-25-12-4-6-17-31(25)45-36(26)28)27-14-9-19-34-35(27)29-22-24(20-21-32(29)46-34)40-41-30-16-5-7-18-33(30)47-40/h1-22H. The first kappa shape index (κ1) is 26.5. The Hall–Kier alpha value is -5.76. The quantitative estimate of drug-likeness (QED) is 0.192. The molecule has 0 saturated carbocycles. The van der Waals surface area contributed by atoms with E-state index in [1.165, 1.54) is 19.5 Å². The third-order valence-corrected chi connectivity index (χ3v) is 10.8. The molecule has 0 saturated heterocycles. The average molecular weight is 639 g/mol. The Labute approximate surface area is 276 Å². The molecule has 4 aromatic heterocycles. The minimum Gasteiger partial charge on any atom is -0.455 e. The fourth-order valence-electron chi connectivity index (χ4n) is 6.40. The number of fused-ring (bicyclic) bond motifs is 7. The van der Waals surface area contributed by atoms with Crippen molar-refractivity contribution in [1.82, 2.24) is 19.9 Å². The van der Waals surface area contributed by atoms with Gasteiger partial charge in [-0.1, -0.05) is 91.0 Å². The van der Waals surface area contributed by atoms with Crippen LogP contribution < -0.4 is 0 Å². The maximum absolute atomic E-state index is 6.42. The summed E-state index contributed by atoms with van der Waals surface area (Å²) in [6, 6.07) is 45.7. The Bertz CT molecular complexity index is 2780. The first-order valence-electron chi connectivity index (χ1n) is 15.3. The summed E-state index contributed by atoms with van der Waals surface area (Å²) in [6.45, 7) is 0. The Morgan fingerprint density at radius 3 is 2.09 bits per heavy atom. The van der Waals surface area contributed by atoms with Crippen LogP contribution in [0.5, 0.6) is 0 Å². The summed E-state index contributed by atoms with van der Waals surface area (Å²) in [5, 5.41) is 5.42. The minimum absolute atomic E-state index is 0.574. The van der Waals surface area contributed by atoms with Crippen LogP contribution in [0.25, 0.3) is 97.1 Å². The van der Waals surface area contributed by atoms with Crippen LogP contribution >= 0.6 is 22.7 Å². The molecular weight excluding hydrogens is 617 g/mol. The number of benzene rings is 6. The molecule has 0 bridgehead atoms. The maximum atomic E-state index is 6.42. The molecule has 47 heavy (non-hydrogen) atoms. The molecular formula is C40H22N4OS2. The van der Waals surface area contributed by atoms with Crippen molar-refractivity contribution < 1.29 is 4.42 Å². The van der Waals surface area contributed by atoms with Crippen molar-refractivity contribution in [3.63, 3.8) is 0 Å². The predicted molar refractivity (Wildman–Crippen MR) is 195 cm³/mol. The molecule has 0 aliphatic carbocycles. The van der Waals surface area contributed by atoms with Crippen molar-refractivity contribution in [2.45, 2.75) is 0 Å². The molecule has 10 aromatic rings. The zero-order valence-electron chi connectivity index (χ0n) is 24.7. The second-order valence-electron chi connectivity index (χ2n) is 11.4. The molecule has 10 rings (SSSR count). The molecule has 0 radical (unpaired) electrons. The van der Waals surface area contributed by atoms with E-state index in [0.717, 1.165) is 60.1 Å². The third-order valence-electron chi connectivity index (χ3n) is 8.59. The average Bonchev–Trinajstić information content (AvgIpc) is 3.85. The molecule has 0 amide bonds. The van der Waals surface area contributed by atoms with Gasteiger partial charge in [0.25, 0.3) is 0 Å². The molecule has 0 unspecified atom stereocenters. The van der Waals surface area contributed by atoms with Gasteiger partial charge < -0.3 is 4.42 Å². The highest BCUT2D eigenvalue weighted by Crippen LogP contribution is 2.43. The number of furan rings is 1. The largest absolute Gasteiger partial charge is 0.455 e. The zero-order chi connectivity index (χ0) is 30.9. The molecule has 0 spiro atoms. The van der Waals surface area contributed by atoms with Crippen molar-refractivity contribution in [3.05, 3.63) is 133 Å². The number of thiazole rings is 1. The van der Waals surface area contributed by atoms with Crippen molar-refractivity contribution in [3.8, 4) is 44.7 Å². The lowest BCUT2D eigenvalue weighted by Crippen LogP contribution is -2.00. The van der Waals surface area contributed by atoms with Crippen molar-refractivity contribution in [2.75, 3.05) is 0 Å². The Morgan fingerprint density at radius 1 is 0.447 bits per heavy atom. The normalized spacial score (nSPS) is 11.8. The summed E-state index contributed by atoms with van der Waals surface area (Å²) in [4.78, 5) is 20.3. The first-order chi connectivity index (χ1) is 23.3. The number of thiophene rings is 1. The van der Waals surface area contributed by atoms with Crippen molar-refractivity contribution in [2.24, 2.45) is 0 Å². The highest BCUT2D eigenvalue weighted by Gasteiger charge is 2.20. The van der Waals surface area contributed by atoms with E-state index < -0.39 is 0 Å². The second-order valence-corrected chi connectivity index (χ2v) is 13.5. The van der Waals surface area contributed by atoms with E-state index in [4.69, 9.17) is 24.4 Å². The Morgan fingerprint density at radius 2 is 1.17 bits per heavy atom. The molecule has 0 atom stereocenters. The number of nitrogens with zero attached hydrogens (tertiary/aromatic N) is 4. The van der Waals surface area contributed by atoms with E-state index in [2.05, 4.69) is 66.7 Å². The molecule has 6 aromatic carbocycles. The van der Waals surface area contributed by atoms with Gasteiger partial charge >= 0.3 is 0 Å². The summed E-state index contributed by atoms with van der Waals surface area (Å²) in [5.41, 5.74) is 6.46. The van der Waals surface area contributed by atoms with Crippen LogP contribution in [0.2, 0.25) is 0 Å². The fourth-order valence-corrected chi connectivity index (χ4v) is 8.47. The number of aromatic nitrogens is 4. The van der Waals surface area contributed by atoms with Crippen LogP contribution in [-0.4, -0.2) is 19.9 Å². The molecule has 220 valence electrons. The van der Waals surface area contributed by atoms with Crippen molar-refractivity contribution >= 4 is 75.0 Å². The molecule has 0 aliphatic rings. The molecule has 7 heteroatoms. The van der Waals surface area contributed by atoms with Gasteiger partial charge in [-0.25, -0.2) is 19.9 Å². The van der Waals surface area contributed by atoms with E-state index >= 15 is 0 Å². The Kier molecular flexibility index (Phi) is 5.85. The van der Waals surface area contributed by atoms with Crippen LogP contribution in [0.3, 0.4) is 0 Å². The Balaban J connectivity index is 1.22. The smallest absolute Gasteiger partial charge is 0.167 e. The number of hydrogen-bond acceptors (Lipinski definition) is 7. The summed E-state index contributed by atoms with van der Waals surface area (Å²) in [6.07, 6.45) is 0. The minimum atomic E-state index is 0.574. The van der Waals surface area contributed by atoms with Gasteiger partial charge in [0, 0.05) is 47.6 Å². The van der Waals surface area contributed by atoms with Gasteiger partial charge in [0.05, 0.1) is 15.8 Å². The lowest BCUT2D eigenvalue weighted by atomic mass is 10.0. The first-order valence-corrected chi connectivity index (χ1v) is 16.9. The van der Waals surface area contributed by atoms with Gasteiger partial charge in [0.1, 0.15) is 16.2 Å². The molecule has 0 N–H and O–H groups in total. The van der Waals surface area contributed by atoms with Gasteiger partial charge in [-0.05, 0) is 42.5 Å². The number of rotatable bonds is 4. The highest BCUT2D eigenvalue weighted by atomic mass is 32.1. The van der Waals surface area contributed by atoms with Crippen molar-refractivity contribution in [1.29, 1.82) is 0 Å². The molecule has 4 heterocycles. The fraction of sp³-hybridized carbons (Fsp3) is 0. The second kappa shape index (κ2) is 10.4. The van der Waals surface area contributed by atoms with Crippen LogP contribution in [-0.2, 0) is 0 Å². The van der Waals surface area contributed by atoms with Crippen LogP contribution in [0.1, 0.15) is 0 Å². The predicted octanol–water partition coefficient (Wildman–Crippen LogP) is 11.4. The van der Waals surface area contributed by atoms with E-state index in [9.17, 15) is 0 Å². The van der Waals surface area contributed by atoms with E-state index in [1.54, 1.807) is 22.7 Å². The summed E-state index contributed by atoms with van der Waals surface area (Å²) < 4.78 is 9.99. The molecule has 0 aliphatic heterocycles. The SMILES string of the molecule is c1ccc(-c2nc(-c3cccc4c3oc3ccccc34)nc(-c3cccc4sc5ccc(-c6nc7ccccc7s6)cc5c34)n2)cc1. The lowest BCUT2D eigenvalue weighted by molar-refractivity contribution is 0.669. The van der Waals surface area contributed by atoms with Crippen LogP contribution in [0.4, 0.5) is 0 Å². The summed E-state index contributed by atoms with van der Waals surface area (Å²) >= 11 is 3.50. The van der Waals surface area contributed by atoms with Gasteiger partial charge in [-0.2, -0.15) is 0 Å². The molecule has 5 nitrogen and oxygen atoms in total. The highest BCUT2D eigenvalue weighted by molar-refractivity contribution is 7.26. The maximum Gasteiger partial charge on any atom is 0.167 e. The van der Waals surface area contributed by atoms with Gasteiger partial charge in [0.2, 0.25) is 0 Å². The van der Waals surface area contributed by atoms with E-state index in [-0.39, 0.29) is 0 Å². The summed E-state index contributed by atoms with van der Waals surface area (Å²) in [7, 11) is 0. The number of para-hydroxylation sites is 3. The van der Waals surface area contributed by atoms with E-state index in [1.807, 2.05) is 66.7 Å². The lowest BCUT2D eigenvalue weighted by Gasteiger charge is -2.10. The van der Waals surface area contributed by atoms with Crippen LogP contribution in [0.15, 0.2) is 138 Å². The van der Waals surface area contributed by atoms with Gasteiger partial charge in [0.15, 0.2) is 17.5 Å². The monoisotopic (exact) mass is 638 g/mol. The van der Waals surface area contributed by atoms with Gasteiger partial charge in [-0.15, -0.1) is 22.7 Å². The topological polar surface area (TPSA) is 64.7 Å².